The van der Waals surface area contributed by atoms with Crippen LogP contribution in [0.25, 0.3) is 0 Å². The zero-order valence-electron chi connectivity index (χ0n) is 18.4. The number of carbonyl (C=O) groups excluding carboxylic acids is 3. The molecule has 30 heavy (non-hydrogen) atoms. The second kappa shape index (κ2) is 11.3. The van der Waals surface area contributed by atoms with Crippen LogP contribution in [0.5, 0.6) is 0 Å². The largest absolute Gasteiger partial charge is 0.352 e. The summed E-state index contributed by atoms with van der Waals surface area (Å²) in [6, 6.07) is 5.18. The van der Waals surface area contributed by atoms with Gasteiger partial charge in [-0.05, 0) is 61.8 Å². The lowest BCUT2D eigenvalue weighted by molar-refractivity contribution is -0.130. The van der Waals surface area contributed by atoms with Gasteiger partial charge in [-0.2, -0.15) is 0 Å². The number of carbonyl (C=O) groups is 3. The molecule has 0 aromatic heterocycles. The third kappa shape index (κ3) is 7.01. The number of rotatable bonds is 8. The minimum Gasteiger partial charge on any atom is -0.352 e. The molecule has 3 amide bonds. The Kier molecular flexibility index (Phi) is 9.15. The summed E-state index contributed by atoms with van der Waals surface area (Å²) in [6.45, 7) is 8.07. The van der Waals surface area contributed by atoms with Gasteiger partial charge in [0.05, 0.1) is 0 Å². The van der Waals surface area contributed by atoms with Crippen LogP contribution in [0.1, 0.15) is 64.0 Å². The molecular formula is C23H34ClN3O3. The molecule has 0 radical (unpaired) electrons. The molecule has 0 aliphatic heterocycles. The maximum atomic E-state index is 12.6. The van der Waals surface area contributed by atoms with Crippen molar-refractivity contribution in [2.75, 3.05) is 0 Å². The second-order valence-electron chi connectivity index (χ2n) is 8.49. The topological polar surface area (TPSA) is 87.3 Å². The van der Waals surface area contributed by atoms with Gasteiger partial charge < -0.3 is 16.0 Å². The first-order chi connectivity index (χ1) is 14.2. The maximum Gasteiger partial charge on any atom is 0.243 e. The molecule has 1 fully saturated rings. The summed E-state index contributed by atoms with van der Waals surface area (Å²) in [4.78, 5) is 36.9. The van der Waals surface area contributed by atoms with E-state index in [1.54, 1.807) is 6.92 Å². The number of benzene rings is 1. The maximum absolute atomic E-state index is 12.6. The molecule has 1 saturated carbocycles. The highest BCUT2D eigenvalue weighted by Crippen LogP contribution is 2.25. The molecule has 1 aromatic rings. The first kappa shape index (κ1) is 24.2. The van der Waals surface area contributed by atoms with Gasteiger partial charge in [0, 0.05) is 29.9 Å². The van der Waals surface area contributed by atoms with Crippen molar-refractivity contribution in [1.82, 2.24) is 16.0 Å². The van der Waals surface area contributed by atoms with E-state index in [0.29, 0.717) is 18.0 Å². The van der Waals surface area contributed by atoms with Crippen LogP contribution in [-0.4, -0.2) is 29.8 Å². The van der Waals surface area contributed by atoms with Crippen molar-refractivity contribution in [3.05, 3.63) is 34.3 Å². The molecule has 166 valence electrons. The van der Waals surface area contributed by atoms with Gasteiger partial charge in [-0.25, -0.2) is 0 Å². The highest BCUT2D eigenvalue weighted by atomic mass is 35.5. The number of amides is 3. The van der Waals surface area contributed by atoms with Gasteiger partial charge in [-0.3, -0.25) is 14.4 Å². The molecule has 6 nitrogen and oxygen atoms in total. The van der Waals surface area contributed by atoms with Gasteiger partial charge in [0.15, 0.2) is 0 Å². The van der Waals surface area contributed by atoms with Crippen LogP contribution in [-0.2, 0) is 20.9 Å². The lowest BCUT2D eigenvalue weighted by Crippen LogP contribution is -2.52. The minimum atomic E-state index is -0.528. The second-order valence-corrected chi connectivity index (χ2v) is 8.92. The molecule has 1 atom stereocenters. The number of nitrogens with one attached hydrogen (secondary N) is 3. The first-order valence-electron chi connectivity index (χ1n) is 10.8. The van der Waals surface area contributed by atoms with Crippen molar-refractivity contribution in [1.29, 1.82) is 0 Å². The zero-order chi connectivity index (χ0) is 22.3. The predicted octanol–water partition coefficient (Wildman–Crippen LogP) is 3.49. The Morgan fingerprint density at radius 2 is 1.80 bits per heavy atom. The quantitative estimate of drug-likeness (QED) is 0.584. The fourth-order valence-corrected chi connectivity index (χ4v) is 3.95. The summed E-state index contributed by atoms with van der Waals surface area (Å²) >= 11 is 6.05. The molecule has 3 N–H and O–H groups in total. The van der Waals surface area contributed by atoms with Gasteiger partial charge in [0.25, 0.3) is 0 Å². The van der Waals surface area contributed by atoms with Crippen molar-refractivity contribution in [2.24, 2.45) is 11.8 Å². The zero-order valence-corrected chi connectivity index (χ0v) is 19.1. The molecule has 1 aromatic carbocycles. The first-order valence-corrected chi connectivity index (χ1v) is 11.2. The van der Waals surface area contributed by atoms with Crippen LogP contribution in [0, 0.1) is 18.8 Å². The van der Waals surface area contributed by atoms with E-state index in [4.69, 9.17) is 11.6 Å². The summed E-state index contributed by atoms with van der Waals surface area (Å²) in [6.07, 6.45) is 3.34. The SMILES string of the molecule is CCC(=O)N[C@H](C(=O)NC1CCC(C(=O)NCc2cc(Cl)ccc2C)CC1)C(C)C. The number of hydrogen-bond acceptors (Lipinski definition) is 3. The normalized spacial score (nSPS) is 19.8. The summed E-state index contributed by atoms with van der Waals surface area (Å²) < 4.78 is 0. The Hall–Kier alpha value is -2.08. The van der Waals surface area contributed by atoms with E-state index in [9.17, 15) is 14.4 Å². The number of hydrogen-bond donors (Lipinski definition) is 3. The van der Waals surface area contributed by atoms with Crippen molar-refractivity contribution in [3.63, 3.8) is 0 Å². The van der Waals surface area contributed by atoms with E-state index < -0.39 is 6.04 Å². The molecule has 0 saturated heterocycles. The lowest BCUT2D eigenvalue weighted by atomic mass is 9.85. The Bertz CT molecular complexity index is 758. The predicted molar refractivity (Wildman–Crippen MR) is 119 cm³/mol. The van der Waals surface area contributed by atoms with Crippen molar-refractivity contribution < 1.29 is 14.4 Å². The van der Waals surface area contributed by atoms with Crippen LogP contribution < -0.4 is 16.0 Å². The molecule has 0 bridgehead atoms. The van der Waals surface area contributed by atoms with Crippen molar-refractivity contribution in [2.45, 2.75) is 78.4 Å². The lowest BCUT2D eigenvalue weighted by Gasteiger charge is -2.30. The van der Waals surface area contributed by atoms with E-state index in [1.807, 2.05) is 39.0 Å². The van der Waals surface area contributed by atoms with E-state index in [-0.39, 0.29) is 35.6 Å². The van der Waals surface area contributed by atoms with Crippen LogP contribution in [0.3, 0.4) is 0 Å². The summed E-state index contributed by atoms with van der Waals surface area (Å²) in [5.41, 5.74) is 2.12. The van der Waals surface area contributed by atoms with Gasteiger partial charge in [0.1, 0.15) is 6.04 Å². The minimum absolute atomic E-state index is 0.0116. The molecule has 2 rings (SSSR count). The summed E-state index contributed by atoms with van der Waals surface area (Å²) in [5.74, 6) is -0.249. The molecule has 7 heteroatoms. The molecule has 1 aliphatic rings. The molecular weight excluding hydrogens is 402 g/mol. The Balaban J connectivity index is 1.80. The van der Waals surface area contributed by atoms with E-state index in [0.717, 1.165) is 36.8 Å². The fraction of sp³-hybridized carbons (Fsp3) is 0.609. The third-order valence-corrected chi connectivity index (χ3v) is 6.03. The monoisotopic (exact) mass is 435 g/mol. The standard InChI is InChI=1S/C23H34ClN3O3/c1-5-20(28)27-21(14(2)3)23(30)26-19-10-7-16(8-11-19)22(29)25-13-17-12-18(24)9-6-15(17)4/h6,9,12,14,16,19,21H,5,7-8,10-11,13H2,1-4H3,(H,25,29)(H,26,30)(H,27,28)/t16?,19?,21-/m0/s1. The Morgan fingerprint density at radius 1 is 1.13 bits per heavy atom. The molecule has 1 aliphatic carbocycles. The van der Waals surface area contributed by atoms with E-state index in [2.05, 4.69) is 16.0 Å². The average molecular weight is 436 g/mol. The highest BCUT2D eigenvalue weighted by Gasteiger charge is 2.30. The smallest absolute Gasteiger partial charge is 0.243 e. The third-order valence-electron chi connectivity index (χ3n) is 5.80. The van der Waals surface area contributed by atoms with Gasteiger partial charge in [-0.15, -0.1) is 0 Å². The van der Waals surface area contributed by atoms with Gasteiger partial charge in [0.2, 0.25) is 17.7 Å². The van der Waals surface area contributed by atoms with E-state index >= 15 is 0 Å². The molecule has 0 heterocycles. The molecule has 0 unspecified atom stereocenters. The molecule has 0 spiro atoms. The Labute approximate surface area is 184 Å². The van der Waals surface area contributed by atoms with Crippen molar-refractivity contribution in [3.8, 4) is 0 Å². The van der Waals surface area contributed by atoms with Crippen LogP contribution in [0.2, 0.25) is 5.02 Å². The summed E-state index contributed by atoms with van der Waals surface area (Å²) in [7, 11) is 0. The average Bonchev–Trinajstić information content (AvgIpc) is 2.72. The number of aryl methyl sites for hydroxylation is 1. The number of halogens is 1. The van der Waals surface area contributed by atoms with Crippen molar-refractivity contribution >= 4 is 29.3 Å². The van der Waals surface area contributed by atoms with Crippen LogP contribution in [0.15, 0.2) is 18.2 Å². The van der Waals surface area contributed by atoms with Crippen LogP contribution >= 0.6 is 11.6 Å². The van der Waals surface area contributed by atoms with Gasteiger partial charge >= 0.3 is 0 Å². The fourth-order valence-electron chi connectivity index (χ4n) is 3.76. The van der Waals surface area contributed by atoms with Crippen LogP contribution in [0.4, 0.5) is 0 Å². The Morgan fingerprint density at radius 3 is 2.40 bits per heavy atom. The van der Waals surface area contributed by atoms with E-state index in [1.165, 1.54) is 0 Å². The highest BCUT2D eigenvalue weighted by molar-refractivity contribution is 6.30. The van der Waals surface area contributed by atoms with Gasteiger partial charge in [-0.1, -0.05) is 38.4 Å². The summed E-state index contributed by atoms with van der Waals surface area (Å²) in [5, 5.41) is 9.54.